The van der Waals surface area contributed by atoms with Gasteiger partial charge in [0.2, 0.25) is 0 Å². The SMILES string of the molecule is O=C(NC1CCCCC1)N(CCCN1CCC(Cc2ccccc2)CC1)Cc1ccc(F)cc1.O=C(O)C(F)(F)F. The number of carbonyl (C=O) groups excluding carboxylic acids is 1. The van der Waals surface area contributed by atoms with Crippen LogP contribution < -0.4 is 5.32 Å². The van der Waals surface area contributed by atoms with Crippen LogP contribution in [0.2, 0.25) is 0 Å². The topological polar surface area (TPSA) is 72.9 Å². The molecule has 2 aromatic carbocycles. The number of alkyl halides is 3. The molecule has 2 amide bonds. The molecule has 0 unspecified atom stereocenters. The zero-order valence-electron chi connectivity index (χ0n) is 23.4. The van der Waals surface area contributed by atoms with Crippen molar-refractivity contribution in [2.24, 2.45) is 5.92 Å². The molecular weight excluding hydrogens is 538 g/mol. The minimum Gasteiger partial charge on any atom is -0.475 e. The smallest absolute Gasteiger partial charge is 0.475 e. The normalized spacial score (nSPS) is 16.9. The van der Waals surface area contributed by atoms with E-state index in [1.807, 2.05) is 4.90 Å². The molecule has 10 heteroatoms. The first-order valence-electron chi connectivity index (χ1n) is 14.5. The summed E-state index contributed by atoms with van der Waals surface area (Å²) in [5.41, 5.74) is 2.42. The predicted molar refractivity (Wildman–Crippen MR) is 150 cm³/mol. The van der Waals surface area contributed by atoms with Crippen LogP contribution in [0.1, 0.15) is 62.5 Å². The van der Waals surface area contributed by atoms with Crippen LogP contribution in [-0.4, -0.2) is 65.3 Å². The van der Waals surface area contributed by atoms with Crippen LogP contribution in [0, 0.1) is 11.7 Å². The highest BCUT2D eigenvalue weighted by Crippen LogP contribution is 2.22. The van der Waals surface area contributed by atoms with Crippen LogP contribution in [-0.2, 0) is 17.8 Å². The molecule has 0 radical (unpaired) electrons. The number of rotatable bonds is 9. The van der Waals surface area contributed by atoms with Crippen molar-refractivity contribution in [1.82, 2.24) is 15.1 Å². The van der Waals surface area contributed by atoms with Crippen molar-refractivity contribution in [2.45, 2.75) is 76.6 Å². The number of urea groups is 1. The molecule has 2 aromatic rings. The van der Waals surface area contributed by atoms with E-state index >= 15 is 0 Å². The van der Waals surface area contributed by atoms with Gasteiger partial charge in [-0.15, -0.1) is 0 Å². The first kappa shape index (κ1) is 32.4. The number of nitrogens with zero attached hydrogens (tertiary/aromatic N) is 2. The summed E-state index contributed by atoms with van der Waals surface area (Å²) in [6, 6.07) is 17.7. The van der Waals surface area contributed by atoms with E-state index in [1.54, 1.807) is 12.1 Å². The van der Waals surface area contributed by atoms with Crippen LogP contribution in [0.4, 0.5) is 22.4 Å². The number of likely N-dealkylation sites (tertiary alicyclic amines) is 1. The molecule has 1 aliphatic carbocycles. The standard InChI is InChI=1S/C29H40FN3O.C2HF3O2/c30-27-14-12-26(13-15-27)23-33(29(34)31-28-10-5-2-6-11-28)19-7-18-32-20-16-25(17-21-32)22-24-8-3-1-4-9-24;3-2(4,5)1(6)7/h1,3-4,8-9,12-15,25,28H,2,5-7,10-11,16-23H2,(H,31,34);(H,6,7). The highest BCUT2D eigenvalue weighted by atomic mass is 19.4. The largest absolute Gasteiger partial charge is 0.490 e. The molecule has 0 atom stereocenters. The molecule has 0 bridgehead atoms. The van der Waals surface area contributed by atoms with E-state index in [9.17, 15) is 22.4 Å². The maximum Gasteiger partial charge on any atom is 0.490 e. The fourth-order valence-corrected chi connectivity index (χ4v) is 5.42. The Hall–Kier alpha value is -3.14. The van der Waals surface area contributed by atoms with Gasteiger partial charge < -0.3 is 20.2 Å². The van der Waals surface area contributed by atoms with Gasteiger partial charge in [0.15, 0.2) is 0 Å². The average molecular weight is 580 g/mol. The number of carbonyl (C=O) groups is 2. The predicted octanol–water partition coefficient (Wildman–Crippen LogP) is 6.65. The van der Waals surface area contributed by atoms with Gasteiger partial charge in [-0.05, 0) is 87.3 Å². The van der Waals surface area contributed by atoms with Gasteiger partial charge in [0.1, 0.15) is 5.82 Å². The van der Waals surface area contributed by atoms with E-state index < -0.39 is 12.1 Å². The average Bonchev–Trinajstić information content (AvgIpc) is 2.95. The molecule has 2 aliphatic rings. The molecule has 41 heavy (non-hydrogen) atoms. The van der Waals surface area contributed by atoms with Gasteiger partial charge in [0, 0.05) is 19.1 Å². The van der Waals surface area contributed by atoms with Crippen molar-refractivity contribution in [2.75, 3.05) is 26.2 Å². The lowest BCUT2D eigenvalue weighted by Crippen LogP contribution is -2.46. The quantitative estimate of drug-likeness (QED) is 0.327. The van der Waals surface area contributed by atoms with Crippen LogP contribution in [0.3, 0.4) is 0 Å². The second-order valence-corrected chi connectivity index (χ2v) is 11.0. The van der Waals surface area contributed by atoms with E-state index in [-0.39, 0.29) is 11.8 Å². The number of hydrogen-bond donors (Lipinski definition) is 2. The highest BCUT2D eigenvalue weighted by molar-refractivity contribution is 5.74. The Labute approximate surface area is 239 Å². The zero-order valence-corrected chi connectivity index (χ0v) is 23.4. The first-order chi connectivity index (χ1) is 19.6. The van der Waals surface area contributed by atoms with E-state index in [1.165, 1.54) is 56.2 Å². The number of piperidine rings is 1. The van der Waals surface area contributed by atoms with E-state index in [0.717, 1.165) is 56.9 Å². The molecule has 1 saturated carbocycles. The maximum atomic E-state index is 13.4. The molecule has 2 fully saturated rings. The number of carboxylic acid groups (broad SMARTS) is 1. The third-order valence-electron chi connectivity index (χ3n) is 7.73. The second-order valence-electron chi connectivity index (χ2n) is 11.0. The van der Waals surface area contributed by atoms with Gasteiger partial charge >= 0.3 is 18.2 Å². The molecule has 226 valence electrons. The fraction of sp³-hybridized carbons (Fsp3) is 0.548. The van der Waals surface area contributed by atoms with Crippen LogP contribution in [0.15, 0.2) is 54.6 Å². The number of carboxylic acids is 1. The van der Waals surface area contributed by atoms with Crippen molar-refractivity contribution < 1.29 is 32.3 Å². The minimum absolute atomic E-state index is 0.0257. The van der Waals surface area contributed by atoms with Crippen molar-refractivity contribution in [1.29, 1.82) is 0 Å². The highest BCUT2D eigenvalue weighted by Gasteiger charge is 2.38. The van der Waals surface area contributed by atoms with Gasteiger partial charge in [-0.25, -0.2) is 14.0 Å². The summed E-state index contributed by atoms with van der Waals surface area (Å²) in [7, 11) is 0. The van der Waals surface area contributed by atoms with Crippen LogP contribution in [0.5, 0.6) is 0 Å². The van der Waals surface area contributed by atoms with Crippen molar-refractivity contribution in [3.8, 4) is 0 Å². The van der Waals surface area contributed by atoms with Crippen molar-refractivity contribution in [3.05, 3.63) is 71.5 Å². The number of benzene rings is 2. The monoisotopic (exact) mass is 579 g/mol. The maximum absolute atomic E-state index is 13.4. The minimum atomic E-state index is -5.08. The summed E-state index contributed by atoms with van der Waals surface area (Å²) in [6.45, 7) is 4.56. The summed E-state index contributed by atoms with van der Waals surface area (Å²) in [5.74, 6) is -2.22. The molecule has 0 spiro atoms. The number of aliphatic carboxylic acids is 1. The number of nitrogens with one attached hydrogen (secondary N) is 1. The van der Waals surface area contributed by atoms with E-state index in [4.69, 9.17) is 9.90 Å². The molecule has 1 saturated heterocycles. The Morgan fingerprint density at radius 3 is 2.10 bits per heavy atom. The molecule has 6 nitrogen and oxygen atoms in total. The van der Waals surface area contributed by atoms with Gasteiger partial charge in [0.25, 0.3) is 0 Å². The van der Waals surface area contributed by atoms with Gasteiger partial charge in [-0.2, -0.15) is 13.2 Å². The molecular formula is C31H41F4N3O3. The molecule has 1 aliphatic heterocycles. The van der Waals surface area contributed by atoms with Crippen LogP contribution in [0.25, 0.3) is 0 Å². The van der Waals surface area contributed by atoms with Crippen molar-refractivity contribution in [3.63, 3.8) is 0 Å². The Morgan fingerprint density at radius 1 is 0.902 bits per heavy atom. The lowest BCUT2D eigenvalue weighted by Gasteiger charge is -2.33. The van der Waals surface area contributed by atoms with Gasteiger partial charge in [0.05, 0.1) is 0 Å². The Morgan fingerprint density at radius 2 is 1.51 bits per heavy atom. The summed E-state index contributed by atoms with van der Waals surface area (Å²) in [4.78, 5) is 26.5. The van der Waals surface area contributed by atoms with Crippen molar-refractivity contribution >= 4 is 12.0 Å². The molecule has 4 rings (SSSR count). The van der Waals surface area contributed by atoms with E-state index in [2.05, 4.69) is 40.5 Å². The first-order valence-corrected chi connectivity index (χ1v) is 14.5. The molecule has 0 aromatic heterocycles. The molecule has 1 heterocycles. The van der Waals surface area contributed by atoms with Crippen LogP contribution >= 0.6 is 0 Å². The zero-order chi connectivity index (χ0) is 29.7. The summed E-state index contributed by atoms with van der Waals surface area (Å²) < 4.78 is 45.1. The third kappa shape index (κ3) is 12.1. The third-order valence-corrected chi connectivity index (χ3v) is 7.73. The number of hydrogen-bond acceptors (Lipinski definition) is 3. The molecule has 2 N–H and O–H groups in total. The summed E-state index contributed by atoms with van der Waals surface area (Å²) in [6.07, 6.45) is 5.37. The lowest BCUT2D eigenvalue weighted by molar-refractivity contribution is -0.192. The van der Waals surface area contributed by atoms with Gasteiger partial charge in [-0.1, -0.05) is 61.7 Å². The fourth-order valence-electron chi connectivity index (χ4n) is 5.42. The lowest BCUT2D eigenvalue weighted by atomic mass is 9.90. The second kappa shape index (κ2) is 16.3. The Bertz CT molecular complexity index is 1050. The van der Waals surface area contributed by atoms with Gasteiger partial charge in [-0.3, -0.25) is 0 Å². The summed E-state index contributed by atoms with van der Waals surface area (Å²) >= 11 is 0. The van der Waals surface area contributed by atoms with E-state index in [0.29, 0.717) is 12.6 Å². The number of amides is 2. The number of halogens is 4. The summed E-state index contributed by atoms with van der Waals surface area (Å²) in [5, 5.41) is 10.4. The Balaban J connectivity index is 0.000000587. The Kier molecular flexibility index (Phi) is 12.9.